The minimum Gasteiger partial charge on any atom is -0.335 e. The molecule has 0 saturated heterocycles. The van der Waals surface area contributed by atoms with E-state index in [0.717, 1.165) is 55.5 Å². The van der Waals surface area contributed by atoms with Crippen LogP contribution < -0.4 is 4.90 Å². The second-order valence-corrected chi connectivity index (χ2v) is 13.0. The van der Waals surface area contributed by atoms with Crippen LogP contribution in [-0.4, -0.2) is 18.5 Å². The number of aromatic nitrogens is 1. The monoisotopic (exact) mass is 557 g/mol. The molecule has 4 rings (SSSR count). The number of nitrogens with one attached hydrogen (secondary N) is 1. The Hall–Kier alpha value is -3.02. The normalized spacial score (nSPS) is 17.9. The summed E-state index contributed by atoms with van der Waals surface area (Å²) in [6, 6.07) is 3.71. The summed E-state index contributed by atoms with van der Waals surface area (Å²) in [5.74, 6) is 1.70. The number of fused-ring (bicyclic) bond motifs is 2. The molecule has 1 aromatic carbocycles. The molecule has 0 radical (unpaired) electrons. The van der Waals surface area contributed by atoms with Gasteiger partial charge in [-0.1, -0.05) is 78.9 Å². The van der Waals surface area contributed by atoms with Crippen LogP contribution in [0.4, 0.5) is 14.5 Å². The Labute approximate surface area is 246 Å². The van der Waals surface area contributed by atoms with Gasteiger partial charge in [0.2, 0.25) is 0 Å². The van der Waals surface area contributed by atoms with Gasteiger partial charge in [0.15, 0.2) is 18.9 Å². The van der Waals surface area contributed by atoms with E-state index in [-0.39, 0.29) is 11.1 Å². The van der Waals surface area contributed by atoms with E-state index in [1.165, 1.54) is 30.7 Å². The van der Waals surface area contributed by atoms with Gasteiger partial charge in [-0.3, -0.25) is 4.98 Å². The fraction of sp³-hybridized carbons (Fsp3) is 0.486. The Balaban J connectivity index is 1.74. The lowest BCUT2D eigenvalue weighted by atomic mass is 9.59. The molecule has 2 aromatic rings. The van der Waals surface area contributed by atoms with Crippen molar-refractivity contribution in [3.05, 3.63) is 82.2 Å². The molecule has 218 valence electrons. The van der Waals surface area contributed by atoms with Crippen molar-refractivity contribution in [1.82, 2.24) is 4.98 Å². The standard InChI is InChI=1S/C35H46BF2N3/c1-8-12-30-35(15-16-35)28-18-29(25(20-39)19-36-27(11-4)13-14-34(5,6)7)40-21-26(28)22-41(30)33-31(37)23(9-2)17-24(10-3)32(33)38/h9,12,17-21,27,36,39H,2,8,10-11,13-16,22H2,1,3-7H3/b25-19+,30-12-,39-20?. The number of hydrogen-bond acceptors (Lipinski definition) is 3. The average molecular weight is 558 g/mol. The van der Waals surface area contributed by atoms with Gasteiger partial charge in [-0.2, -0.15) is 0 Å². The number of nitrogens with zero attached hydrogens (tertiary/aromatic N) is 2. The lowest BCUT2D eigenvalue weighted by Gasteiger charge is -2.40. The largest absolute Gasteiger partial charge is 0.335 e. The topological polar surface area (TPSA) is 40.0 Å². The van der Waals surface area contributed by atoms with Crippen molar-refractivity contribution in [2.24, 2.45) is 5.41 Å². The van der Waals surface area contributed by atoms with Crippen molar-refractivity contribution in [1.29, 1.82) is 5.41 Å². The highest BCUT2D eigenvalue weighted by atomic mass is 19.1. The van der Waals surface area contributed by atoms with Gasteiger partial charge in [0.25, 0.3) is 0 Å². The van der Waals surface area contributed by atoms with Crippen molar-refractivity contribution in [3.8, 4) is 0 Å². The molecule has 0 amide bonds. The molecule has 1 unspecified atom stereocenters. The summed E-state index contributed by atoms with van der Waals surface area (Å²) >= 11 is 0. The van der Waals surface area contributed by atoms with Gasteiger partial charge < -0.3 is 10.3 Å². The van der Waals surface area contributed by atoms with Gasteiger partial charge in [0.1, 0.15) is 5.69 Å². The Morgan fingerprint density at radius 2 is 1.93 bits per heavy atom. The van der Waals surface area contributed by atoms with Crippen LogP contribution >= 0.6 is 0 Å². The number of rotatable bonds is 11. The molecule has 2 aliphatic rings. The van der Waals surface area contributed by atoms with E-state index in [9.17, 15) is 0 Å². The second kappa shape index (κ2) is 12.5. The van der Waals surface area contributed by atoms with Gasteiger partial charge in [-0.25, -0.2) is 8.78 Å². The van der Waals surface area contributed by atoms with Gasteiger partial charge in [0, 0.05) is 41.2 Å². The first-order valence-electron chi connectivity index (χ1n) is 15.3. The first kappa shape index (κ1) is 30.9. The quantitative estimate of drug-likeness (QED) is 0.221. The minimum absolute atomic E-state index is 0.0147. The maximum Gasteiger partial charge on any atom is 0.157 e. The summed E-state index contributed by atoms with van der Waals surface area (Å²) in [5, 5.41) is 8.18. The number of hydrogen-bond donors (Lipinski definition) is 1. The van der Waals surface area contributed by atoms with E-state index in [1.54, 1.807) is 6.07 Å². The number of pyridine rings is 1. The summed E-state index contributed by atoms with van der Waals surface area (Å²) in [6.45, 7) is 17.2. The van der Waals surface area contributed by atoms with Crippen LogP contribution in [0.25, 0.3) is 11.6 Å². The van der Waals surface area contributed by atoms with Crippen molar-refractivity contribution in [2.45, 2.75) is 104 Å². The van der Waals surface area contributed by atoms with Gasteiger partial charge >= 0.3 is 0 Å². The third-order valence-corrected chi connectivity index (χ3v) is 8.91. The first-order valence-corrected chi connectivity index (χ1v) is 15.3. The molecule has 41 heavy (non-hydrogen) atoms. The van der Waals surface area contributed by atoms with Crippen LogP contribution in [0.5, 0.6) is 0 Å². The zero-order valence-corrected chi connectivity index (χ0v) is 25.8. The van der Waals surface area contributed by atoms with E-state index in [4.69, 9.17) is 10.4 Å². The highest BCUT2D eigenvalue weighted by Gasteiger charge is 2.54. The lowest BCUT2D eigenvalue weighted by molar-refractivity contribution is 0.359. The summed E-state index contributed by atoms with van der Waals surface area (Å²) < 4.78 is 31.6. The molecule has 1 saturated carbocycles. The predicted molar refractivity (Wildman–Crippen MR) is 172 cm³/mol. The van der Waals surface area contributed by atoms with Crippen molar-refractivity contribution >= 4 is 30.8 Å². The summed E-state index contributed by atoms with van der Waals surface area (Å²) in [5.41, 5.74) is 5.64. The molecule has 2 heterocycles. The highest BCUT2D eigenvalue weighted by Crippen LogP contribution is 2.59. The van der Waals surface area contributed by atoms with E-state index < -0.39 is 11.6 Å². The van der Waals surface area contributed by atoms with Crippen LogP contribution in [0, 0.1) is 22.5 Å². The van der Waals surface area contributed by atoms with E-state index in [0.29, 0.717) is 35.3 Å². The second-order valence-electron chi connectivity index (χ2n) is 13.0. The number of allylic oxidation sites excluding steroid dienone is 3. The molecule has 0 bridgehead atoms. The van der Waals surface area contributed by atoms with Crippen molar-refractivity contribution in [2.75, 3.05) is 4.90 Å². The Bertz CT molecular complexity index is 1360. The SMILES string of the molecule is C=Cc1cc(CC)c(F)c(N2Cc3cnc(/C(C=N)=C/BC(CC)CCC(C)(C)C)cc3C3(CC3)/C2=C/CC)c1F. The maximum atomic E-state index is 15.8. The summed E-state index contributed by atoms with van der Waals surface area (Å²) in [7, 11) is 0.925. The van der Waals surface area contributed by atoms with Gasteiger partial charge in [-0.15, -0.1) is 5.98 Å². The van der Waals surface area contributed by atoms with Crippen LogP contribution in [0.1, 0.15) is 108 Å². The average Bonchev–Trinajstić information content (AvgIpc) is 3.74. The molecule has 1 N–H and O–H groups in total. The molecule has 1 spiro atoms. The molecular formula is C35H46BF2N3. The fourth-order valence-corrected chi connectivity index (χ4v) is 6.21. The Morgan fingerprint density at radius 3 is 2.49 bits per heavy atom. The van der Waals surface area contributed by atoms with Gasteiger partial charge in [0.05, 0.1) is 5.69 Å². The van der Waals surface area contributed by atoms with Crippen LogP contribution in [-0.2, 0) is 18.4 Å². The first-order chi connectivity index (χ1) is 19.5. The van der Waals surface area contributed by atoms with E-state index in [1.807, 2.05) is 18.0 Å². The maximum absolute atomic E-state index is 15.8. The zero-order valence-electron chi connectivity index (χ0n) is 25.8. The van der Waals surface area contributed by atoms with E-state index >= 15 is 8.78 Å². The molecule has 1 aliphatic carbocycles. The third kappa shape index (κ3) is 6.27. The van der Waals surface area contributed by atoms with Crippen LogP contribution in [0.15, 0.2) is 42.7 Å². The van der Waals surface area contributed by atoms with Crippen molar-refractivity contribution in [3.63, 3.8) is 0 Å². The predicted octanol–water partition coefficient (Wildman–Crippen LogP) is 9.36. The Kier molecular flexibility index (Phi) is 9.40. The lowest BCUT2D eigenvalue weighted by Crippen LogP contribution is -2.37. The summed E-state index contributed by atoms with van der Waals surface area (Å²) in [4.78, 5) is 6.64. The number of halogens is 2. The van der Waals surface area contributed by atoms with Crippen LogP contribution in [0.3, 0.4) is 0 Å². The number of benzene rings is 1. The molecule has 1 atom stereocenters. The molecule has 1 aromatic heterocycles. The summed E-state index contributed by atoms with van der Waals surface area (Å²) in [6.07, 6.45) is 13.4. The molecule has 1 aliphatic heterocycles. The molecular weight excluding hydrogens is 511 g/mol. The number of anilines is 1. The minimum atomic E-state index is -0.563. The van der Waals surface area contributed by atoms with E-state index in [2.05, 4.69) is 59.3 Å². The number of aryl methyl sites for hydroxylation is 1. The Morgan fingerprint density at radius 1 is 1.20 bits per heavy atom. The smallest absolute Gasteiger partial charge is 0.157 e. The third-order valence-electron chi connectivity index (χ3n) is 8.91. The van der Waals surface area contributed by atoms with Gasteiger partial charge in [-0.05, 0) is 66.3 Å². The zero-order chi connectivity index (χ0) is 29.9. The highest BCUT2D eigenvalue weighted by molar-refractivity contribution is 6.47. The molecule has 3 nitrogen and oxygen atoms in total. The molecule has 1 fully saturated rings. The fourth-order valence-electron chi connectivity index (χ4n) is 6.21. The van der Waals surface area contributed by atoms with Crippen LogP contribution in [0.2, 0.25) is 5.82 Å². The molecule has 6 heteroatoms. The van der Waals surface area contributed by atoms with Crippen molar-refractivity contribution < 1.29 is 8.78 Å².